The van der Waals surface area contributed by atoms with Crippen molar-refractivity contribution >= 4 is 21.6 Å². The molecule has 1 fully saturated rings. The highest BCUT2D eigenvalue weighted by atomic mass is 32.2. The summed E-state index contributed by atoms with van der Waals surface area (Å²) in [5.74, 6) is -0.308. The Morgan fingerprint density at radius 3 is 2.56 bits per heavy atom. The largest absolute Gasteiger partial charge is 0.376 e. The molecule has 1 atom stereocenters. The summed E-state index contributed by atoms with van der Waals surface area (Å²) in [5, 5.41) is 2.82. The number of amides is 1. The zero-order valence-electron chi connectivity index (χ0n) is 15.5. The highest BCUT2D eigenvalue weighted by Crippen LogP contribution is 2.21. The highest BCUT2D eigenvalue weighted by Gasteiger charge is 2.21. The summed E-state index contributed by atoms with van der Waals surface area (Å²) in [5.41, 5.74) is 2.40. The molecule has 1 heterocycles. The van der Waals surface area contributed by atoms with Crippen molar-refractivity contribution < 1.29 is 17.9 Å². The second-order valence-electron chi connectivity index (χ2n) is 6.80. The molecule has 27 heavy (non-hydrogen) atoms. The molecular formula is C20H24N2O4S. The summed E-state index contributed by atoms with van der Waals surface area (Å²) in [6.07, 6.45) is 1.96. The Bertz CT molecular complexity index is 917. The summed E-state index contributed by atoms with van der Waals surface area (Å²) in [6, 6.07) is 11.8. The Labute approximate surface area is 160 Å². The van der Waals surface area contributed by atoms with Gasteiger partial charge in [-0.25, -0.2) is 8.42 Å². The monoisotopic (exact) mass is 388 g/mol. The fourth-order valence-electron chi connectivity index (χ4n) is 2.98. The molecule has 0 radical (unpaired) electrons. The van der Waals surface area contributed by atoms with Gasteiger partial charge in [-0.15, -0.1) is 0 Å². The molecule has 1 unspecified atom stereocenters. The average Bonchev–Trinajstić information content (AvgIpc) is 3.15. The van der Waals surface area contributed by atoms with Gasteiger partial charge in [0.05, 0.1) is 11.0 Å². The fourth-order valence-corrected chi connectivity index (χ4v) is 4.31. The Morgan fingerprint density at radius 2 is 1.89 bits per heavy atom. The van der Waals surface area contributed by atoms with Crippen LogP contribution in [0.25, 0.3) is 0 Å². The number of nitrogens with one attached hydrogen (secondary N) is 2. The molecule has 3 rings (SSSR count). The molecule has 144 valence electrons. The van der Waals surface area contributed by atoms with Crippen molar-refractivity contribution in [3.8, 4) is 0 Å². The lowest BCUT2D eigenvalue weighted by atomic mass is 10.1. The van der Waals surface area contributed by atoms with Crippen molar-refractivity contribution in [2.45, 2.75) is 37.7 Å². The molecule has 1 aliphatic rings. The van der Waals surface area contributed by atoms with Crippen molar-refractivity contribution in [2.24, 2.45) is 0 Å². The minimum absolute atomic E-state index is 0.0332. The predicted molar refractivity (Wildman–Crippen MR) is 104 cm³/mol. The van der Waals surface area contributed by atoms with Crippen LogP contribution in [0.3, 0.4) is 0 Å². The van der Waals surface area contributed by atoms with Gasteiger partial charge in [-0.1, -0.05) is 23.8 Å². The van der Waals surface area contributed by atoms with Crippen LogP contribution in [0.5, 0.6) is 0 Å². The van der Waals surface area contributed by atoms with Crippen LogP contribution in [-0.2, 0) is 14.8 Å². The number of hydrogen-bond donors (Lipinski definition) is 2. The zero-order chi connectivity index (χ0) is 19.4. The Hall–Kier alpha value is -2.38. The van der Waals surface area contributed by atoms with Crippen LogP contribution in [0.1, 0.15) is 34.3 Å². The molecule has 0 aliphatic carbocycles. The number of carbonyl (C=O) groups is 1. The number of benzene rings is 2. The first-order valence-electron chi connectivity index (χ1n) is 8.95. The molecule has 0 saturated carbocycles. The van der Waals surface area contributed by atoms with Gasteiger partial charge in [0.25, 0.3) is 15.9 Å². The lowest BCUT2D eigenvalue weighted by Gasteiger charge is -2.14. The van der Waals surface area contributed by atoms with Crippen molar-refractivity contribution in [2.75, 3.05) is 17.9 Å². The van der Waals surface area contributed by atoms with E-state index >= 15 is 0 Å². The van der Waals surface area contributed by atoms with Crippen LogP contribution in [0.15, 0.2) is 47.4 Å². The standard InChI is InChI=1S/C20H24N2O4S/c1-14-5-9-17(10-6-14)22-27(24,25)19-12-16(8-7-15(19)2)20(23)21-13-18-4-3-11-26-18/h5-10,12,18,22H,3-4,11,13H2,1-2H3,(H,21,23). The number of anilines is 1. The lowest BCUT2D eigenvalue weighted by Crippen LogP contribution is -2.31. The molecule has 1 amide bonds. The topological polar surface area (TPSA) is 84.5 Å². The van der Waals surface area contributed by atoms with Gasteiger partial charge in [-0.2, -0.15) is 0 Å². The average molecular weight is 388 g/mol. The summed E-state index contributed by atoms with van der Waals surface area (Å²) in [4.78, 5) is 12.5. The molecule has 2 N–H and O–H groups in total. The van der Waals surface area contributed by atoms with Gasteiger partial charge in [-0.05, 0) is 56.5 Å². The maximum absolute atomic E-state index is 12.8. The van der Waals surface area contributed by atoms with Crippen molar-refractivity contribution in [3.63, 3.8) is 0 Å². The Balaban J connectivity index is 1.77. The third kappa shape index (κ3) is 4.87. The van der Waals surface area contributed by atoms with Gasteiger partial charge in [0.2, 0.25) is 0 Å². The van der Waals surface area contributed by atoms with E-state index in [1.165, 1.54) is 6.07 Å². The third-order valence-electron chi connectivity index (χ3n) is 4.56. The summed E-state index contributed by atoms with van der Waals surface area (Å²) >= 11 is 0. The molecule has 0 aromatic heterocycles. The fraction of sp³-hybridized carbons (Fsp3) is 0.350. The number of sulfonamides is 1. The van der Waals surface area contributed by atoms with E-state index in [1.807, 2.05) is 19.1 Å². The van der Waals surface area contributed by atoms with Crippen LogP contribution in [0.2, 0.25) is 0 Å². The van der Waals surface area contributed by atoms with Crippen LogP contribution >= 0.6 is 0 Å². The van der Waals surface area contributed by atoms with Crippen molar-refractivity contribution in [1.29, 1.82) is 0 Å². The van der Waals surface area contributed by atoms with E-state index in [2.05, 4.69) is 10.0 Å². The number of hydrogen-bond acceptors (Lipinski definition) is 4. The minimum Gasteiger partial charge on any atom is -0.376 e. The predicted octanol–water partition coefficient (Wildman–Crippen LogP) is 3.01. The second kappa shape index (κ2) is 8.10. The first kappa shape index (κ1) is 19.4. The van der Waals surface area contributed by atoms with Crippen molar-refractivity contribution in [3.05, 3.63) is 59.2 Å². The molecule has 0 bridgehead atoms. The van der Waals surface area contributed by atoms with E-state index in [9.17, 15) is 13.2 Å². The van der Waals surface area contributed by atoms with Gasteiger partial charge in [0.15, 0.2) is 0 Å². The van der Waals surface area contributed by atoms with Crippen LogP contribution < -0.4 is 10.0 Å². The van der Waals surface area contributed by atoms with E-state index in [1.54, 1.807) is 31.2 Å². The highest BCUT2D eigenvalue weighted by molar-refractivity contribution is 7.92. The van der Waals surface area contributed by atoms with Crippen LogP contribution in [0.4, 0.5) is 5.69 Å². The Kier molecular flexibility index (Phi) is 5.82. The van der Waals surface area contributed by atoms with E-state index in [-0.39, 0.29) is 16.9 Å². The molecule has 0 spiro atoms. The third-order valence-corrected chi connectivity index (χ3v) is 6.08. The number of rotatable bonds is 6. The molecule has 1 saturated heterocycles. The van der Waals surface area contributed by atoms with Gasteiger partial charge < -0.3 is 10.1 Å². The molecule has 2 aromatic carbocycles. The van der Waals surface area contributed by atoms with Gasteiger partial charge in [0, 0.05) is 24.4 Å². The van der Waals surface area contributed by atoms with E-state index in [0.717, 1.165) is 25.0 Å². The second-order valence-corrected chi connectivity index (χ2v) is 8.45. The van der Waals surface area contributed by atoms with Gasteiger partial charge >= 0.3 is 0 Å². The first-order chi connectivity index (χ1) is 12.8. The maximum Gasteiger partial charge on any atom is 0.262 e. The molecule has 7 heteroatoms. The molecule has 1 aliphatic heterocycles. The van der Waals surface area contributed by atoms with E-state index in [4.69, 9.17) is 4.74 Å². The van der Waals surface area contributed by atoms with Gasteiger partial charge in [-0.3, -0.25) is 9.52 Å². The summed E-state index contributed by atoms with van der Waals surface area (Å²) < 4.78 is 33.6. The first-order valence-corrected chi connectivity index (χ1v) is 10.4. The zero-order valence-corrected chi connectivity index (χ0v) is 16.3. The number of aryl methyl sites for hydroxylation is 2. The van der Waals surface area contributed by atoms with Crippen LogP contribution in [-0.4, -0.2) is 33.6 Å². The van der Waals surface area contributed by atoms with Crippen molar-refractivity contribution in [1.82, 2.24) is 5.32 Å². The maximum atomic E-state index is 12.8. The van der Waals surface area contributed by atoms with E-state index < -0.39 is 10.0 Å². The molecular weight excluding hydrogens is 364 g/mol. The van der Waals surface area contributed by atoms with E-state index in [0.29, 0.717) is 23.4 Å². The molecule has 6 nitrogen and oxygen atoms in total. The normalized spacial score (nSPS) is 16.9. The summed E-state index contributed by atoms with van der Waals surface area (Å²) in [6.45, 7) is 4.79. The van der Waals surface area contributed by atoms with Crippen LogP contribution in [0, 0.1) is 13.8 Å². The Morgan fingerprint density at radius 1 is 1.15 bits per heavy atom. The summed E-state index contributed by atoms with van der Waals surface area (Å²) in [7, 11) is -3.80. The SMILES string of the molecule is Cc1ccc(NS(=O)(=O)c2cc(C(=O)NCC3CCCO3)ccc2C)cc1. The lowest BCUT2D eigenvalue weighted by molar-refractivity contribution is 0.0857. The smallest absolute Gasteiger partial charge is 0.262 e. The van der Waals surface area contributed by atoms with Gasteiger partial charge in [0.1, 0.15) is 0 Å². The number of ether oxygens (including phenoxy) is 1. The number of carbonyl (C=O) groups excluding carboxylic acids is 1. The minimum atomic E-state index is -3.80. The quantitative estimate of drug-likeness (QED) is 0.797. The molecule has 2 aromatic rings.